The second-order valence-electron chi connectivity index (χ2n) is 3.82. The Labute approximate surface area is 117 Å². The van der Waals surface area contributed by atoms with Crippen molar-refractivity contribution in [2.24, 2.45) is 15.0 Å². The van der Waals surface area contributed by atoms with Crippen LogP contribution in [0.1, 0.15) is 40.0 Å². The summed E-state index contributed by atoms with van der Waals surface area (Å²) in [6, 6.07) is 0. The molecule has 0 radical (unpaired) electrons. The summed E-state index contributed by atoms with van der Waals surface area (Å²) >= 11 is 1.77. The molecule has 102 valence electrons. The fourth-order valence-corrected chi connectivity index (χ4v) is 2.12. The summed E-state index contributed by atoms with van der Waals surface area (Å²) < 4.78 is 0. The van der Waals surface area contributed by atoms with Crippen molar-refractivity contribution in [3.8, 4) is 0 Å². The molecule has 0 aromatic heterocycles. The lowest BCUT2D eigenvalue weighted by molar-refractivity contribution is 0.970. The third-order valence-corrected chi connectivity index (χ3v) is 3.44. The molecule has 0 rings (SSSR count). The van der Waals surface area contributed by atoms with E-state index in [9.17, 15) is 0 Å². The first-order chi connectivity index (χ1) is 8.69. The van der Waals surface area contributed by atoms with E-state index in [1.165, 1.54) is 5.71 Å². The van der Waals surface area contributed by atoms with Crippen LogP contribution in [0.2, 0.25) is 0 Å². The van der Waals surface area contributed by atoms with Crippen molar-refractivity contribution in [1.29, 1.82) is 0 Å². The van der Waals surface area contributed by atoms with Crippen molar-refractivity contribution < 1.29 is 0 Å². The molecule has 0 bridgehead atoms. The van der Waals surface area contributed by atoms with E-state index in [0.29, 0.717) is 0 Å². The Bertz CT molecular complexity index is 346. The first-order valence-corrected chi connectivity index (χ1v) is 8.65. The van der Waals surface area contributed by atoms with E-state index in [1.54, 1.807) is 30.8 Å². The molecule has 0 heterocycles. The molecule has 0 saturated carbocycles. The summed E-state index contributed by atoms with van der Waals surface area (Å²) in [7, 11) is 4.46. The topological polar surface area (TPSA) is 37.1 Å². The van der Waals surface area contributed by atoms with Crippen LogP contribution in [-0.4, -0.2) is 30.6 Å². The van der Waals surface area contributed by atoms with Gasteiger partial charge in [-0.15, -0.1) is 11.4 Å². The minimum atomic E-state index is 0.790. The number of hydrogen-bond donors (Lipinski definition) is 0. The van der Waals surface area contributed by atoms with Crippen molar-refractivity contribution in [2.45, 2.75) is 40.0 Å². The highest BCUT2D eigenvalue weighted by Gasteiger charge is 2.03. The van der Waals surface area contributed by atoms with Crippen LogP contribution < -0.4 is 0 Å². The number of amidine groups is 1. The Morgan fingerprint density at radius 3 is 2.56 bits per heavy atom. The molecule has 0 saturated heterocycles. The summed E-state index contributed by atoms with van der Waals surface area (Å²) in [4.78, 5) is 13.0. The Balaban J connectivity index is 4.91. The average molecular weight is 285 g/mol. The molecule has 0 spiro atoms. The van der Waals surface area contributed by atoms with Crippen LogP contribution in [0.4, 0.5) is 0 Å². The van der Waals surface area contributed by atoms with Crippen LogP contribution in [0.3, 0.4) is 0 Å². The first-order valence-electron chi connectivity index (χ1n) is 6.19. The highest BCUT2D eigenvalue weighted by Crippen LogP contribution is 2.14. The van der Waals surface area contributed by atoms with Gasteiger partial charge in [-0.25, -0.2) is 4.99 Å². The Morgan fingerprint density at radius 1 is 1.33 bits per heavy atom. The van der Waals surface area contributed by atoms with E-state index < -0.39 is 0 Å². The molecule has 0 aliphatic carbocycles. The third-order valence-electron chi connectivity index (χ3n) is 2.29. The molecule has 0 aliphatic heterocycles. The standard InChI is InChI=1S/C13H24N3PS/c1-5-7-12(8-9-18-17)16-13(14-4)11(3)10-15-6-2/h6,10H,5,7-9,17H2,1-4H3/b11-10+,14-13?,15-6?,16-12?. The predicted octanol–water partition coefficient (Wildman–Crippen LogP) is 4.16. The van der Waals surface area contributed by atoms with Crippen LogP contribution in [0.25, 0.3) is 0 Å². The van der Waals surface area contributed by atoms with Crippen molar-refractivity contribution in [1.82, 2.24) is 0 Å². The van der Waals surface area contributed by atoms with Crippen LogP contribution in [0.5, 0.6) is 0 Å². The van der Waals surface area contributed by atoms with Gasteiger partial charge in [0, 0.05) is 36.5 Å². The van der Waals surface area contributed by atoms with Gasteiger partial charge in [0.2, 0.25) is 0 Å². The third kappa shape index (κ3) is 7.78. The van der Waals surface area contributed by atoms with Crippen molar-refractivity contribution in [2.75, 3.05) is 12.8 Å². The molecule has 1 atom stereocenters. The molecule has 0 fully saturated rings. The van der Waals surface area contributed by atoms with Gasteiger partial charge in [0.1, 0.15) is 0 Å². The van der Waals surface area contributed by atoms with Crippen molar-refractivity contribution in [3.05, 3.63) is 11.8 Å². The molecule has 0 aliphatic rings. The minimum absolute atomic E-state index is 0.790. The Morgan fingerprint density at radius 2 is 2.06 bits per heavy atom. The van der Waals surface area contributed by atoms with E-state index in [4.69, 9.17) is 0 Å². The lowest BCUT2D eigenvalue weighted by Gasteiger charge is -2.06. The maximum atomic E-state index is 4.68. The fourth-order valence-electron chi connectivity index (χ4n) is 1.41. The highest BCUT2D eigenvalue weighted by molar-refractivity contribution is 8.43. The molecule has 0 amide bonds. The maximum Gasteiger partial charge on any atom is 0.151 e. The molecule has 0 aromatic rings. The van der Waals surface area contributed by atoms with Gasteiger partial charge in [0.15, 0.2) is 5.84 Å². The van der Waals surface area contributed by atoms with Gasteiger partial charge in [-0.1, -0.05) is 21.8 Å². The number of hydrogen-bond acceptors (Lipinski definition) is 3. The van der Waals surface area contributed by atoms with Gasteiger partial charge >= 0.3 is 0 Å². The van der Waals surface area contributed by atoms with E-state index in [0.717, 1.165) is 36.4 Å². The summed E-state index contributed by atoms with van der Waals surface area (Å²) in [6.07, 6.45) is 6.74. The summed E-state index contributed by atoms with van der Waals surface area (Å²) in [5.74, 6) is 1.87. The van der Waals surface area contributed by atoms with Crippen LogP contribution in [-0.2, 0) is 0 Å². The molecule has 3 nitrogen and oxygen atoms in total. The van der Waals surface area contributed by atoms with E-state index in [2.05, 4.69) is 30.3 Å². The highest BCUT2D eigenvalue weighted by atomic mass is 32.7. The lowest BCUT2D eigenvalue weighted by atomic mass is 10.1. The fraction of sp³-hybridized carbons (Fsp3) is 0.615. The molecular weight excluding hydrogens is 261 g/mol. The smallest absolute Gasteiger partial charge is 0.151 e. The molecule has 18 heavy (non-hydrogen) atoms. The van der Waals surface area contributed by atoms with Gasteiger partial charge in [0.05, 0.1) is 0 Å². The monoisotopic (exact) mass is 285 g/mol. The summed E-state index contributed by atoms with van der Waals surface area (Å²) in [5, 5.41) is 0. The zero-order chi connectivity index (χ0) is 13.8. The predicted molar refractivity (Wildman–Crippen MR) is 90.4 cm³/mol. The van der Waals surface area contributed by atoms with Gasteiger partial charge in [-0.05, 0) is 26.7 Å². The Hall–Kier alpha value is -0.470. The zero-order valence-corrected chi connectivity index (χ0v) is 13.8. The minimum Gasteiger partial charge on any atom is -0.270 e. The van der Waals surface area contributed by atoms with Gasteiger partial charge < -0.3 is 0 Å². The number of nitrogens with zero attached hydrogens (tertiary/aromatic N) is 3. The normalized spacial score (nSPS) is 14.6. The zero-order valence-electron chi connectivity index (χ0n) is 11.8. The molecule has 0 aromatic carbocycles. The Kier molecular flexibility index (Phi) is 11.3. The first kappa shape index (κ1) is 17.5. The molecule has 0 N–H and O–H groups in total. The van der Waals surface area contributed by atoms with Crippen molar-refractivity contribution in [3.63, 3.8) is 0 Å². The van der Waals surface area contributed by atoms with E-state index >= 15 is 0 Å². The van der Waals surface area contributed by atoms with Gasteiger partial charge in [0.25, 0.3) is 0 Å². The van der Waals surface area contributed by atoms with Crippen LogP contribution >= 0.6 is 19.8 Å². The number of aliphatic imine (C=N–C) groups is 3. The van der Waals surface area contributed by atoms with Gasteiger partial charge in [-0.2, -0.15) is 0 Å². The molecule has 5 heteroatoms. The van der Waals surface area contributed by atoms with Crippen molar-refractivity contribution >= 4 is 37.6 Å². The van der Waals surface area contributed by atoms with E-state index in [-0.39, 0.29) is 0 Å². The number of rotatable bonds is 7. The largest absolute Gasteiger partial charge is 0.270 e. The maximum absolute atomic E-state index is 4.68. The quantitative estimate of drug-likeness (QED) is 0.393. The molecular formula is C13H24N3PS. The second-order valence-corrected chi connectivity index (χ2v) is 5.56. The summed E-state index contributed by atoms with van der Waals surface area (Å²) in [6.45, 7) is 6.07. The summed E-state index contributed by atoms with van der Waals surface area (Å²) in [5.41, 5.74) is 2.23. The average Bonchev–Trinajstić information content (AvgIpc) is 2.39. The van der Waals surface area contributed by atoms with E-state index in [1.807, 2.05) is 13.8 Å². The van der Waals surface area contributed by atoms with Gasteiger partial charge in [-0.3, -0.25) is 9.98 Å². The SMILES string of the molecule is CC=N/C=C(\C)C(N=C(CCC)CCSP)=NC. The second kappa shape index (κ2) is 11.6. The van der Waals surface area contributed by atoms with Crippen LogP contribution in [0.15, 0.2) is 26.8 Å². The lowest BCUT2D eigenvalue weighted by Crippen LogP contribution is -2.06. The van der Waals surface area contributed by atoms with Crippen LogP contribution in [0, 0.1) is 0 Å². The molecule has 1 unspecified atom stereocenters.